The topological polar surface area (TPSA) is 29.1 Å². The smallest absolute Gasteiger partial charge is 0.247 e. The zero-order chi connectivity index (χ0) is 13.3. The molecule has 4 heteroatoms. The third kappa shape index (κ3) is 2.48. The summed E-state index contributed by atoms with van der Waals surface area (Å²) >= 11 is 3.34. The fraction of sp³-hybridized carbons (Fsp3) is 0.357. The van der Waals surface area contributed by atoms with E-state index in [1.807, 2.05) is 13.8 Å². The van der Waals surface area contributed by atoms with Crippen molar-refractivity contribution in [3.63, 3.8) is 0 Å². The molecule has 18 heavy (non-hydrogen) atoms. The molecule has 1 saturated heterocycles. The van der Waals surface area contributed by atoms with E-state index in [1.165, 1.54) is 12.1 Å². The molecule has 0 atom stereocenters. The van der Waals surface area contributed by atoms with Crippen LogP contribution in [0, 0.1) is 12.7 Å². The Hall–Kier alpha value is -1.16. The van der Waals surface area contributed by atoms with Gasteiger partial charge in [-0.3, -0.25) is 4.79 Å². The SMILES string of the molecule is C/C(=C1/CCCNC1=O)c1cc(F)cc(Br)c1C. The number of hydrogen-bond acceptors (Lipinski definition) is 1. The first-order valence-electron chi connectivity index (χ1n) is 5.94. The largest absolute Gasteiger partial charge is 0.352 e. The van der Waals surface area contributed by atoms with Crippen molar-refractivity contribution in [3.05, 3.63) is 39.1 Å². The highest BCUT2D eigenvalue weighted by Gasteiger charge is 2.19. The highest BCUT2D eigenvalue weighted by Crippen LogP contribution is 2.30. The van der Waals surface area contributed by atoms with Crippen molar-refractivity contribution < 1.29 is 9.18 Å². The quantitative estimate of drug-likeness (QED) is 0.789. The molecule has 96 valence electrons. The maximum absolute atomic E-state index is 13.5. The van der Waals surface area contributed by atoms with Crippen LogP contribution in [0.15, 0.2) is 22.2 Å². The van der Waals surface area contributed by atoms with E-state index in [4.69, 9.17) is 0 Å². The molecular formula is C14H15BrFNO. The van der Waals surface area contributed by atoms with E-state index in [1.54, 1.807) is 0 Å². The summed E-state index contributed by atoms with van der Waals surface area (Å²) in [6, 6.07) is 2.93. The average Bonchev–Trinajstić information content (AvgIpc) is 2.33. The van der Waals surface area contributed by atoms with Gasteiger partial charge >= 0.3 is 0 Å². The molecule has 0 bridgehead atoms. The summed E-state index contributed by atoms with van der Waals surface area (Å²) in [5.41, 5.74) is 3.39. The van der Waals surface area contributed by atoms with Gasteiger partial charge in [0.05, 0.1) is 0 Å². The Kier molecular flexibility index (Phi) is 3.85. The van der Waals surface area contributed by atoms with Gasteiger partial charge in [-0.1, -0.05) is 15.9 Å². The Morgan fingerprint density at radius 3 is 2.83 bits per heavy atom. The van der Waals surface area contributed by atoms with Crippen molar-refractivity contribution in [1.82, 2.24) is 5.32 Å². The summed E-state index contributed by atoms with van der Waals surface area (Å²) < 4.78 is 14.2. The van der Waals surface area contributed by atoms with Gasteiger partial charge in [0.1, 0.15) is 5.82 Å². The number of nitrogens with one attached hydrogen (secondary N) is 1. The lowest BCUT2D eigenvalue weighted by molar-refractivity contribution is -0.118. The molecular weight excluding hydrogens is 297 g/mol. The fourth-order valence-corrected chi connectivity index (χ4v) is 2.68. The van der Waals surface area contributed by atoms with Gasteiger partial charge in [-0.2, -0.15) is 0 Å². The van der Waals surface area contributed by atoms with E-state index < -0.39 is 0 Å². The van der Waals surface area contributed by atoms with Crippen molar-refractivity contribution in [2.24, 2.45) is 0 Å². The number of halogens is 2. The zero-order valence-electron chi connectivity index (χ0n) is 10.4. The van der Waals surface area contributed by atoms with Gasteiger partial charge in [-0.05, 0) is 55.5 Å². The van der Waals surface area contributed by atoms with Crippen LogP contribution in [-0.4, -0.2) is 12.5 Å². The molecule has 1 aliphatic heterocycles. The second kappa shape index (κ2) is 5.22. The van der Waals surface area contributed by atoms with Gasteiger partial charge in [0.15, 0.2) is 0 Å². The Labute approximate surface area is 114 Å². The van der Waals surface area contributed by atoms with Gasteiger partial charge in [-0.25, -0.2) is 4.39 Å². The number of hydrogen-bond donors (Lipinski definition) is 1. The van der Waals surface area contributed by atoms with Crippen LogP contribution >= 0.6 is 15.9 Å². The van der Waals surface area contributed by atoms with Crippen molar-refractivity contribution >= 4 is 27.4 Å². The van der Waals surface area contributed by atoms with E-state index in [2.05, 4.69) is 21.2 Å². The Balaban J connectivity index is 2.54. The van der Waals surface area contributed by atoms with Crippen LogP contribution in [0.3, 0.4) is 0 Å². The first-order chi connectivity index (χ1) is 8.50. The van der Waals surface area contributed by atoms with Gasteiger partial charge < -0.3 is 5.32 Å². The molecule has 1 N–H and O–H groups in total. The first kappa shape index (κ1) is 13.3. The molecule has 1 amide bonds. The summed E-state index contributed by atoms with van der Waals surface area (Å²) in [5.74, 6) is -0.322. The van der Waals surface area contributed by atoms with Crippen molar-refractivity contribution in [1.29, 1.82) is 0 Å². The molecule has 1 heterocycles. The summed E-state index contributed by atoms with van der Waals surface area (Å²) in [6.07, 6.45) is 1.69. The van der Waals surface area contributed by atoms with Crippen LogP contribution in [0.2, 0.25) is 0 Å². The lowest BCUT2D eigenvalue weighted by Crippen LogP contribution is -2.31. The summed E-state index contributed by atoms with van der Waals surface area (Å²) in [4.78, 5) is 11.8. The second-order valence-corrected chi connectivity index (χ2v) is 5.38. The Bertz CT molecular complexity index is 537. The molecule has 1 fully saturated rings. The van der Waals surface area contributed by atoms with Gasteiger partial charge in [0, 0.05) is 16.6 Å². The molecule has 0 saturated carbocycles. The molecule has 0 aliphatic carbocycles. The van der Waals surface area contributed by atoms with Crippen LogP contribution in [0.1, 0.15) is 30.9 Å². The average molecular weight is 312 g/mol. The van der Waals surface area contributed by atoms with Gasteiger partial charge in [0.2, 0.25) is 5.91 Å². The normalized spacial score (nSPS) is 18.6. The Morgan fingerprint density at radius 1 is 1.44 bits per heavy atom. The molecule has 0 spiro atoms. The third-order valence-corrected chi connectivity index (χ3v) is 4.15. The second-order valence-electron chi connectivity index (χ2n) is 4.52. The summed E-state index contributed by atoms with van der Waals surface area (Å²) in [5, 5.41) is 2.83. The van der Waals surface area contributed by atoms with E-state index >= 15 is 0 Å². The molecule has 1 aromatic carbocycles. The maximum atomic E-state index is 13.5. The lowest BCUT2D eigenvalue weighted by atomic mass is 9.93. The number of amides is 1. The molecule has 0 aromatic heterocycles. The van der Waals surface area contributed by atoms with Gasteiger partial charge in [-0.15, -0.1) is 0 Å². The van der Waals surface area contributed by atoms with E-state index in [-0.39, 0.29) is 11.7 Å². The molecule has 2 nitrogen and oxygen atoms in total. The minimum atomic E-state index is -0.293. The monoisotopic (exact) mass is 311 g/mol. The molecule has 1 aliphatic rings. The number of carbonyl (C=O) groups is 1. The highest BCUT2D eigenvalue weighted by atomic mass is 79.9. The van der Waals surface area contributed by atoms with E-state index in [0.29, 0.717) is 0 Å². The standard InChI is InChI=1S/C14H15BrFNO/c1-8(11-4-3-5-17-14(11)18)12-6-10(16)7-13(15)9(12)2/h6-7H,3-5H2,1-2H3,(H,17,18)/b11-8+. The molecule has 2 rings (SSSR count). The number of piperidine rings is 1. The molecule has 0 unspecified atom stereocenters. The third-order valence-electron chi connectivity index (χ3n) is 3.33. The van der Waals surface area contributed by atoms with Crippen LogP contribution in [0.25, 0.3) is 5.57 Å². The lowest BCUT2D eigenvalue weighted by Gasteiger charge is -2.19. The van der Waals surface area contributed by atoms with Crippen LogP contribution < -0.4 is 5.32 Å². The van der Waals surface area contributed by atoms with Crippen molar-refractivity contribution in [3.8, 4) is 0 Å². The predicted octanol–water partition coefficient (Wildman–Crippen LogP) is 3.58. The maximum Gasteiger partial charge on any atom is 0.247 e. The van der Waals surface area contributed by atoms with E-state index in [0.717, 1.165) is 46.1 Å². The van der Waals surface area contributed by atoms with Crippen LogP contribution in [-0.2, 0) is 4.79 Å². The summed E-state index contributed by atoms with van der Waals surface area (Å²) in [7, 11) is 0. The Morgan fingerprint density at radius 2 is 2.17 bits per heavy atom. The molecule has 0 radical (unpaired) electrons. The zero-order valence-corrected chi connectivity index (χ0v) is 12.0. The van der Waals surface area contributed by atoms with Gasteiger partial charge in [0.25, 0.3) is 0 Å². The van der Waals surface area contributed by atoms with Crippen LogP contribution in [0.4, 0.5) is 4.39 Å². The minimum absolute atomic E-state index is 0.0291. The van der Waals surface area contributed by atoms with Crippen molar-refractivity contribution in [2.45, 2.75) is 26.7 Å². The first-order valence-corrected chi connectivity index (χ1v) is 6.74. The van der Waals surface area contributed by atoms with E-state index in [9.17, 15) is 9.18 Å². The summed E-state index contributed by atoms with van der Waals surface area (Å²) in [6.45, 7) is 4.53. The number of allylic oxidation sites excluding steroid dienone is 1. The predicted molar refractivity (Wildman–Crippen MR) is 73.7 cm³/mol. The van der Waals surface area contributed by atoms with Crippen molar-refractivity contribution in [2.75, 3.05) is 6.54 Å². The minimum Gasteiger partial charge on any atom is -0.352 e. The fourth-order valence-electron chi connectivity index (χ4n) is 2.24. The highest BCUT2D eigenvalue weighted by molar-refractivity contribution is 9.10. The van der Waals surface area contributed by atoms with Crippen LogP contribution in [0.5, 0.6) is 0 Å². The number of carbonyl (C=O) groups excluding carboxylic acids is 1. The molecule has 1 aromatic rings. The number of benzene rings is 1. The number of rotatable bonds is 1.